The maximum Gasteiger partial charge on any atom is 0.244 e. The average Bonchev–Trinajstić information content (AvgIpc) is 3.12. The monoisotopic (exact) mass is 423 g/mol. The summed E-state index contributed by atoms with van der Waals surface area (Å²) in [5.41, 5.74) is 5.52. The summed E-state index contributed by atoms with van der Waals surface area (Å²) in [6, 6.07) is 4.45. The number of carbonyl (C=O) groups excluding carboxylic acids is 1. The molecule has 2 saturated heterocycles. The molecule has 2 fully saturated rings. The van der Waals surface area contributed by atoms with Crippen molar-refractivity contribution >= 4 is 45.6 Å². The van der Waals surface area contributed by atoms with Gasteiger partial charge in [0.1, 0.15) is 10.4 Å². The predicted octanol–water partition coefficient (Wildman–Crippen LogP) is 1.99. The minimum atomic E-state index is -3.67. The quantitative estimate of drug-likeness (QED) is 0.770. The molecule has 0 aromatic heterocycles. The van der Waals surface area contributed by atoms with Crippen LogP contribution < -0.4 is 11.1 Å². The highest BCUT2D eigenvalue weighted by Crippen LogP contribution is 2.30. The maximum absolute atomic E-state index is 12.7. The van der Waals surface area contributed by atoms with Gasteiger partial charge in [0.2, 0.25) is 15.9 Å². The number of amides is 1. The van der Waals surface area contributed by atoms with Crippen molar-refractivity contribution in [1.29, 1.82) is 0 Å². The molecule has 0 saturated carbocycles. The predicted molar refractivity (Wildman–Crippen MR) is 102 cm³/mol. The number of sulfonamides is 1. The van der Waals surface area contributed by atoms with Gasteiger partial charge in [0.05, 0.1) is 5.02 Å². The van der Waals surface area contributed by atoms with Gasteiger partial charge < -0.3 is 15.8 Å². The lowest BCUT2D eigenvalue weighted by Gasteiger charge is -2.31. The molecule has 0 aliphatic carbocycles. The van der Waals surface area contributed by atoms with Crippen molar-refractivity contribution in [3.05, 3.63) is 23.2 Å². The fourth-order valence-electron chi connectivity index (χ4n) is 3.06. The maximum atomic E-state index is 12.7. The zero-order valence-electron chi connectivity index (χ0n) is 14.2. The smallest absolute Gasteiger partial charge is 0.244 e. The number of hydrogen-bond donors (Lipinski definition) is 2. The Hall–Kier alpha value is -0.900. The van der Waals surface area contributed by atoms with E-state index in [1.807, 2.05) is 0 Å². The Morgan fingerprint density at radius 2 is 1.85 bits per heavy atom. The van der Waals surface area contributed by atoms with Crippen molar-refractivity contribution in [1.82, 2.24) is 4.31 Å². The number of ether oxygens (including phenoxy) is 1. The minimum absolute atomic E-state index is 0. The minimum Gasteiger partial charge on any atom is -0.381 e. The van der Waals surface area contributed by atoms with Gasteiger partial charge in [-0.15, -0.1) is 12.4 Å². The van der Waals surface area contributed by atoms with Gasteiger partial charge in [-0.2, -0.15) is 4.31 Å². The van der Waals surface area contributed by atoms with Gasteiger partial charge in [0, 0.05) is 32.0 Å². The third kappa shape index (κ3) is 4.32. The second-order valence-corrected chi connectivity index (χ2v) is 8.79. The first-order valence-corrected chi connectivity index (χ1v) is 10.1. The van der Waals surface area contributed by atoms with Crippen LogP contribution in [0.4, 0.5) is 5.69 Å². The summed E-state index contributed by atoms with van der Waals surface area (Å²) in [6.07, 6.45) is 2.52. The molecule has 7 nitrogen and oxygen atoms in total. The number of nitrogens with one attached hydrogen (secondary N) is 1. The first-order valence-electron chi connectivity index (χ1n) is 8.31. The van der Waals surface area contributed by atoms with Crippen LogP contribution in [0.3, 0.4) is 0 Å². The Kier molecular flexibility index (Phi) is 6.92. The van der Waals surface area contributed by atoms with Gasteiger partial charge in [0.25, 0.3) is 0 Å². The molecule has 10 heteroatoms. The fourth-order valence-corrected chi connectivity index (χ4v) is 5.08. The molecule has 1 aromatic rings. The van der Waals surface area contributed by atoms with E-state index < -0.39 is 15.6 Å². The van der Waals surface area contributed by atoms with E-state index in [0.717, 1.165) is 12.8 Å². The number of nitrogens with zero attached hydrogens (tertiary/aromatic N) is 1. The molecule has 0 radical (unpaired) electrons. The summed E-state index contributed by atoms with van der Waals surface area (Å²) < 4.78 is 32.1. The molecule has 1 amide bonds. The molecule has 2 aliphatic rings. The zero-order chi connectivity index (χ0) is 18.1. The number of benzene rings is 1. The van der Waals surface area contributed by atoms with Crippen LogP contribution in [0.1, 0.15) is 25.7 Å². The number of hydrogen-bond acceptors (Lipinski definition) is 5. The molecule has 3 rings (SSSR count). The van der Waals surface area contributed by atoms with E-state index in [0.29, 0.717) is 44.8 Å². The lowest BCUT2D eigenvalue weighted by molar-refractivity contribution is -0.124. The summed E-state index contributed by atoms with van der Waals surface area (Å²) in [7, 11) is -3.67. The summed E-state index contributed by atoms with van der Waals surface area (Å²) in [5.74, 6) is -0.345. The Morgan fingerprint density at radius 1 is 1.23 bits per heavy atom. The Morgan fingerprint density at radius 3 is 2.46 bits per heavy atom. The highest BCUT2D eigenvalue weighted by molar-refractivity contribution is 7.89. The number of rotatable bonds is 4. The van der Waals surface area contributed by atoms with Gasteiger partial charge in [-0.05, 0) is 43.9 Å². The summed E-state index contributed by atoms with van der Waals surface area (Å²) in [4.78, 5) is 12.5. The van der Waals surface area contributed by atoms with Gasteiger partial charge in [0.15, 0.2) is 0 Å². The molecule has 26 heavy (non-hydrogen) atoms. The van der Waals surface area contributed by atoms with E-state index in [2.05, 4.69) is 5.32 Å². The average molecular weight is 424 g/mol. The van der Waals surface area contributed by atoms with Crippen LogP contribution in [0.5, 0.6) is 0 Å². The largest absolute Gasteiger partial charge is 0.381 e. The molecular weight excluding hydrogens is 401 g/mol. The van der Waals surface area contributed by atoms with E-state index >= 15 is 0 Å². The van der Waals surface area contributed by atoms with Crippen LogP contribution in [0, 0.1) is 0 Å². The van der Waals surface area contributed by atoms with Gasteiger partial charge in [-0.1, -0.05) is 11.6 Å². The molecule has 0 bridgehead atoms. The van der Waals surface area contributed by atoms with E-state index in [1.165, 1.54) is 16.4 Å². The van der Waals surface area contributed by atoms with Crippen molar-refractivity contribution in [2.75, 3.05) is 31.6 Å². The molecule has 0 atom stereocenters. The number of halogens is 2. The van der Waals surface area contributed by atoms with E-state index in [-0.39, 0.29) is 28.2 Å². The highest BCUT2D eigenvalue weighted by atomic mass is 35.5. The summed E-state index contributed by atoms with van der Waals surface area (Å²) >= 11 is 6.11. The SMILES string of the molecule is Cl.NC1(C(=O)Nc2ccc(Cl)c(S(=O)(=O)N3CCCC3)c2)CCOCC1. The second-order valence-electron chi connectivity index (χ2n) is 6.48. The van der Waals surface area contributed by atoms with Crippen molar-refractivity contribution in [3.63, 3.8) is 0 Å². The van der Waals surface area contributed by atoms with Gasteiger partial charge >= 0.3 is 0 Å². The van der Waals surface area contributed by atoms with Crippen LogP contribution in [-0.4, -0.2) is 50.5 Å². The van der Waals surface area contributed by atoms with E-state index in [4.69, 9.17) is 22.1 Å². The van der Waals surface area contributed by atoms with Gasteiger partial charge in [-0.3, -0.25) is 4.79 Å². The molecule has 146 valence electrons. The summed E-state index contributed by atoms with van der Waals surface area (Å²) in [6.45, 7) is 1.83. The Labute approximate surface area is 164 Å². The Balaban J connectivity index is 0.00000243. The van der Waals surface area contributed by atoms with Crippen molar-refractivity contribution in [2.24, 2.45) is 5.73 Å². The molecular formula is C16H23Cl2N3O4S. The van der Waals surface area contributed by atoms with E-state index in [1.54, 1.807) is 6.07 Å². The third-order valence-corrected chi connectivity index (χ3v) is 7.09. The standard InChI is InChI=1S/C16H22ClN3O4S.ClH/c17-13-4-3-12(19-15(21)16(18)5-9-24-10-6-16)11-14(13)25(22,23)20-7-1-2-8-20;/h3-4,11H,1-2,5-10,18H2,(H,19,21);1H. The van der Waals surface area contributed by atoms with E-state index in [9.17, 15) is 13.2 Å². The lowest BCUT2D eigenvalue weighted by Crippen LogP contribution is -2.54. The fraction of sp³-hybridized carbons (Fsp3) is 0.562. The van der Waals surface area contributed by atoms with Crippen molar-refractivity contribution < 1.29 is 17.9 Å². The van der Waals surface area contributed by atoms with Crippen LogP contribution in [0.25, 0.3) is 0 Å². The first kappa shape index (κ1) is 21.4. The molecule has 1 aromatic carbocycles. The number of anilines is 1. The second kappa shape index (κ2) is 8.41. The molecule has 2 aliphatic heterocycles. The van der Waals surface area contributed by atoms with Crippen LogP contribution in [0.2, 0.25) is 5.02 Å². The van der Waals surface area contributed by atoms with Crippen molar-refractivity contribution in [3.8, 4) is 0 Å². The Bertz CT molecular complexity index is 761. The van der Waals surface area contributed by atoms with Gasteiger partial charge in [-0.25, -0.2) is 8.42 Å². The topological polar surface area (TPSA) is 102 Å². The molecule has 3 N–H and O–H groups in total. The lowest BCUT2D eigenvalue weighted by atomic mass is 9.90. The molecule has 0 spiro atoms. The number of carbonyl (C=O) groups is 1. The van der Waals surface area contributed by atoms with Crippen molar-refractivity contribution in [2.45, 2.75) is 36.1 Å². The highest BCUT2D eigenvalue weighted by Gasteiger charge is 2.36. The van der Waals surface area contributed by atoms with Crippen LogP contribution in [-0.2, 0) is 19.6 Å². The molecule has 0 unspecified atom stereocenters. The third-order valence-electron chi connectivity index (χ3n) is 4.71. The van der Waals surface area contributed by atoms with Crippen LogP contribution >= 0.6 is 24.0 Å². The summed E-state index contributed by atoms with van der Waals surface area (Å²) in [5, 5.41) is 2.86. The number of nitrogens with two attached hydrogens (primary N) is 1. The van der Waals surface area contributed by atoms with Crippen LogP contribution in [0.15, 0.2) is 23.1 Å². The zero-order valence-corrected chi connectivity index (χ0v) is 16.6. The normalized spacial score (nSPS) is 20.4. The molecule has 2 heterocycles. The first-order chi connectivity index (χ1) is 11.8.